The molecule has 0 aliphatic carbocycles. The molecule has 0 saturated heterocycles. The van der Waals surface area contributed by atoms with Gasteiger partial charge in [-0.3, -0.25) is 0 Å². The minimum Gasteiger partial charge on any atom is -0.383 e. The zero-order valence-electron chi connectivity index (χ0n) is 11.5. The number of aromatic nitrogens is 4. The summed E-state index contributed by atoms with van der Waals surface area (Å²) in [6.45, 7) is 6.33. The summed E-state index contributed by atoms with van der Waals surface area (Å²) in [7, 11) is 1.69. The predicted octanol–water partition coefficient (Wildman–Crippen LogP) is 1.39. The summed E-state index contributed by atoms with van der Waals surface area (Å²) in [5, 5.41) is 19.6. The van der Waals surface area contributed by atoms with Gasteiger partial charge in [-0.1, -0.05) is 0 Å². The van der Waals surface area contributed by atoms with E-state index in [1.165, 1.54) is 11.1 Å². The molecular formula is C12H19N5OS. The summed E-state index contributed by atoms with van der Waals surface area (Å²) < 4.78 is 6.87. The van der Waals surface area contributed by atoms with E-state index in [1.807, 2.05) is 4.68 Å². The fourth-order valence-corrected chi connectivity index (χ4v) is 2.66. The van der Waals surface area contributed by atoms with E-state index in [-0.39, 0.29) is 6.04 Å². The van der Waals surface area contributed by atoms with Crippen LogP contribution in [0.2, 0.25) is 0 Å². The van der Waals surface area contributed by atoms with Crippen molar-refractivity contribution in [2.75, 3.05) is 20.3 Å². The Bertz CT molecular complexity index is 510. The third kappa shape index (κ3) is 3.59. The molecule has 0 aliphatic rings. The van der Waals surface area contributed by atoms with E-state index < -0.39 is 0 Å². The van der Waals surface area contributed by atoms with Crippen LogP contribution in [0, 0.1) is 6.92 Å². The second kappa shape index (κ2) is 6.74. The number of hydrogen-bond donors (Lipinski definition) is 1. The molecule has 0 fully saturated rings. The molecule has 6 nitrogen and oxygen atoms in total. The number of hydrogen-bond acceptors (Lipinski definition) is 6. The fourth-order valence-electron chi connectivity index (χ4n) is 1.81. The lowest BCUT2D eigenvalue weighted by Gasteiger charge is -2.13. The molecular weight excluding hydrogens is 262 g/mol. The Balaban J connectivity index is 2.03. The summed E-state index contributed by atoms with van der Waals surface area (Å²) in [5.41, 5.74) is 2.55. The van der Waals surface area contributed by atoms with Gasteiger partial charge in [-0.25, -0.2) is 4.68 Å². The molecule has 0 spiro atoms. The van der Waals surface area contributed by atoms with Crippen LogP contribution < -0.4 is 5.32 Å². The monoisotopic (exact) mass is 281 g/mol. The molecule has 19 heavy (non-hydrogen) atoms. The first-order chi connectivity index (χ1) is 9.22. The zero-order chi connectivity index (χ0) is 13.7. The average molecular weight is 281 g/mol. The molecule has 1 atom stereocenters. The minimum atomic E-state index is 0.101. The average Bonchev–Trinajstić information content (AvgIpc) is 3.00. The Labute approximate surface area is 116 Å². The van der Waals surface area contributed by atoms with Crippen molar-refractivity contribution in [3.8, 4) is 0 Å². The van der Waals surface area contributed by atoms with Crippen molar-refractivity contribution in [3.05, 3.63) is 27.7 Å². The van der Waals surface area contributed by atoms with Gasteiger partial charge >= 0.3 is 0 Å². The summed E-state index contributed by atoms with van der Waals surface area (Å²) >= 11 is 1.71. The highest BCUT2D eigenvalue weighted by Gasteiger charge is 2.14. The van der Waals surface area contributed by atoms with Gasteiger partial charge in [0.1, 0.15) is 0 Å². The molecule has 0 radical (unpaired) electrons. The zero-order valence-corrected chi connectivity index (χ0v) is 12.3. The Morgan fingerprint density at radius 1 is 1.47 bits per heavy atom. The normalized spacial score (nSPS) is 12.8. The molecule has 104 valence electrons. The molecule has 2 heterocycles. The lowest BCUT2D eigenvalue weighted by atomic mass is 10.2. The largest absolute Gasteiger partial charge is 0.383 e. The summed E-state index contributed by atoms with van der Waals surface area (Å²) in [5.74, 6) is 0.849. The Morgan fingerprint density at radius 2 is 2.32 bits per heavy atom. The van der Waals surface area contributed by atoms with Crippen molar-refractivity contribution in [2.24, 2.45) is 0 Å². The van der Waals surface area contributed by atoms with Crippen LogP contribution in [0.1, 0.15) is 29.9 Å². The standard InChI is InChI=1S/C12H19N5OS/c1-9-7-19-8-11(9)6-17-12(14-15-16-17)10(2)13-4-5-18-3/h7-8,10,13H,4-6H2,1-3H3. The van der Waals surface area contributed by atoms with E-state index in [4.69, 9.17) is 4.74 Å². The highest BCUT2D eigenvalue weighted by Crippen LogP contribution is 2.16. The third-order valence-electron chi connectivity index (χ3n) is 2.99. The molecule has 0 aromatic carbocycles. The number of thiophene rings is 1. The third-order valence-corrected chi connectivity index (χ3v) is 3.90. The molecule has 1 unspecified atom stereocenters. The quantitative estimate of drug-likeness (QED) is 0.777. The first kappa shape index (κ1) is 14.1. The number of nitrogens with one attached hydrogen (secondary N) is 1. The lowest BCUT2D eigenvalue weighted by Crippen LogP contribution is -2.26. The first-order valence-corrected chi connectivity index (χ1v) is 7.16. The van der Waals surface area contributed by atoms with Crippen LogP contribution in [0.15, 0.2) is 10.8 Å². The van der Waals surface area contributed by atoms with Crippen LogP contribution in [0.25, 0.3) is 0 Å². The van der Waals surface area contributed by atoms with Gasteiger partial charge in [0, 0.05) is 13.7 Å². The molecule has 2 rings (SSSR count). The molecule has 7 heteroatoms. The summed E-state index contributed by atoms with van der Waals surface area (Å²) in [4.78, 5) is 0. The van der Waals surface area contributed by atoms with Crippen molar-refractivity contribution in [1.82, 2.24) is 25.5 Å². The second-order valence-corrected chi connectivity index (χ2v) is 5.19. The summed E-state index contributed by atoms with van der Waals surface area (Å²) in [6.07, 6.45) is 0. The lowest BCUT2D eigenvalue weighted by molar-refractivity contribution is 0.196. The van der Waals surface area contributed by atoms with Gasteiger partial charge in [0.25, 0.3) is 0 Å². The maximum absolute atomic E-state index is 5.02. The second-order valence-electron chi connectivity index (χ2n) is 4.44. The molecule has 2 aromatic heterocycles. The number of methoxy groups -OCH3 is 1. The SMILES string of the molecule is COCCNC(C)c1nnnn1Cc1cscc1C. The van der Waals surface area contributed by atoms with Crippen molar-refractivity contribution >= 4 is 11.3 Å². The molecule has 0 saturated carbocycles. The Hall–Kier alpha value is -1.31. The summed E-state index contributed by atoms with van der Waals surface area (Å²) in [6, 6.07) is 0.101. The smallest absolute Gasteiger partial charge is 0.168 e. The topological polar surface area (TPSA) is 64.9 Å². The van der Waals surface area contributed by atoms with Crippen molar-refractivity contribution in [2.45, 2.75) is 26.4 Å². The van der Waals surface area contributed by atoms with Crippen LogP contribution in [0.4, 0.5) is 0 Å². The first-order valence-electron chi connectivity index (χ1n) is 6.22. The molecule has 0 amide bonds. The van der Waals surface area contributed by atoms with E-state index in [1.54, 1.807) is 18.4 Å². The van der Waals surface area contributed by atoms with Crippen molar-refractivity contribution in [3.63, 3.8) is 0 Å². The van der Waals surface area contributed by atoms with Gasteiger partial charge in [-0.15, -0.1) is 5.10 Å². The number of aryl methyl sites for hydroxylation is 1. The van der Waals surface area contributed by atoms with Crippen molar-refractivity contribution in [1.29, 1.82) is 0 Å². The molecule has 0 aliphatic heterocycles. The Morgan fingerprint density at radius 3 is 3.00 bits per heavy atom. The van der Waals surface area contributed by atoms with E-state index >= 15 is 0 Å². The van der Waals surface area contributed by atoms with Gasteiger partial charge in [0.15, 0.2) is 5.82 Å². The fraction of sp³-hybridized carbons (Fsp3) is 0.583. The van der Waals surface area contributed by atoms with Gasteiger partial charge in [0.2, 0.25) is 0 Å². The van der Waals surface area contributed by atoms with Gasteiger partial charge in [-0.2, -0.15) is 11.3 Å². The maximum Gasteiger partial charge on any atom is 0.168 e. The molecule has 1 N–H and O–H groups in total. The van der Waals surface area contributed by atoms with Gasteiger partial charge in [-0.05, 0) is 46.2 Å². The number of tetrazole rings is 1. The van der Waals surface area contributed by atoms with Gasteiger partial charge in [0.05, 0.1) is 19.2 Å². The highest BCUT2D eigenvalue weighted by molar-refractivity contribution is 7.08. The van der Waals surface area contributed by atoms with Crippen LogP contribution in [0.3, 0.4) is 0 Å². The van der Waals surface area contributed by atoms with E-state index in [9.17, 15) is 0 Å². The number of rotatable bonds is 7. The van der Waals surface area contributed by atoms with Crippen molar-refractivity contribution < 1.29 is 4.74 Å². The van der Waals surface area contributed by atoms with Crippen LogP contribution in [0.5, 0.6) is 0 Å². The number of nitrogens with zero attached hydrogens (tertiary/aromatic N) is 4. The Kier molecular flexibility index (Phi) is 5.00. The van der Waals surface area contributed by atoms with Crippen LogP contribution in [-0.4, -0.2) is 40.5 Å². The molecule has 0 bridgehead atoms. The number of ether oxygens (including phenoxy) is 1. The maximum atomic E-state index is 5.02. The van der Waals surface area contributed by atoms with Crippen LogP contribution in [-0.2, 0) is 11.3 Å². The highest BCUT2D eigenvalue weighted by atomic mass is 32.1. The van der Waals surface area contributed by atoms with E-state index in [0.717, 1.165) is 12.4 Å². The molecule has 2 aromatic rings. The predicted molar refractivity (Wildman–Crippen MR) is 74.3 cm³/mol. The van der Waals surface area contributed by atoms with Gasteiger partial charge < -0.3 is 10.1 Å². The van der Waals surface area contributed by atoms with E-state index in [0.29, 0.717) is 13.2 Å². The van der Waals surface area contributed by atoms with Crippen LogP contribution >= 0.6 is 11.3 Å². The van der Waals surface area contributed by atoms with E-state index in [2.05, 4.69) is 45.4 Å². The minimum absolute atomic E-state index is 0.101.